The molecule has 3 atom stereocenters. The van der Waals surface area contributed by atoms with Crippen molar-refractivity contribution < 1.29 is 4.79 Å². The zero-order valence-corrected chi connectivity index (χ0v) is 14.0. The SMILES string of the molecule is CSC1CCCC(N2C(=O)C3(CC3)NC2c2ccsc2)C1. The number of rotatable bonds is 3. The third-order valence-corrected chi connectivity index (χ3v) is 7.07. The maximum atomic E-state index is 12.9. The second kappa shape index (κ2) is 5.28. The summed E-state index contributed by atoms with van der Waals surface area (Å²) >= 11 is 3.69. The summed E-state index contributed by atoms with van der Waals surface area (Å²) in [5, 5.41) is 8.67. The molecule has 0 bridgehead atoms. The normalized spacial score (nSPS) is 34.6. The lowest BCUT2D eigenvalue weighted by molar-refractivity contribution is -0.133. The van der Waals surface area contributed by atoms with Gasteiger partial charge in [0.15, 0.2) is 0 Å². The number of carbonyl (C=O) groups is 1. The first-order valence-electron chi connectivity index (χ1n) is 7.89. The molecule has 4 rings (SSSR count). The molecule has 1 N–H and O–H groups in total. The zero-order valence-electron chi connectivity index (χ0n) is 12.4. The molecule has 1 aliphatic heterocycles. The van der Waals surface area contributed by atoms with Gasteiger partial charge in [-0.3, -0.25) is 10.1 Å². The van der Waals surface area contributed by atoms with Crippen LogP contribution in [-0.4, -0.2) is 33.9 Å². The lowest BCUT2D eigenvalue weighted by atomic mass is 9.93. The molecule has 21 heavy (non-hydrogen) atoms. The van der Waals surface area contributed by atoms with Crippen LogP contribution < -0.4 is 5.32 Å². The van der Waals surface area contributed by atoms with Gasteiger partial charge in [-0.25, -0.2) is 0 Å². The Labute approximate surface area is 134 Å². The van der Waals surface area contributed by atoms with E-state index in [1.807, 2.05) is 11.8 Å². The van der Waals surface area contributed by atoms with Crippen molar-refractivity contribution in [1.82, 2.24) is 10.2 Å². The number of hydrogen-bond acceptors (Lipinski definition) is 4. The highest BCUT2D eigenvalue weighted by atomic mass is 32.2. The standard InChI is InChI=1S/C16H22N2OS2/c1-20-13-4-2-3-12(9-13)18-14(11-5-8-21-10-11)17-16(6-7-16)15(18)19/h5,8,10,12-14,17H,2-4,6-7,9H2,1H3. The molecule has 0 radical (unpaired) electrons. The number of amides is 1. The fraction of sp³-hybridized carbons (Fsp3) is 0.688. The van der Waals surface area contributed by atoms with Gasteiger partial charge in [-0.2, -0.15) is 23.1 Å². The van der Waals surface area contributed by atoms with E-state index in [9.17, 15) is 4.79 Å². The van der Waals surface area contributed by atoms with Crippen LogP contribution in [0.4, 0.5) is 0 Å². The van der Waals surface area contributed by atoms with Crippen LogP contribution in [0.15, 0.2) is 16.8 Å². The summed E-state index contributed by atoms with van der Waals surface area (Å²) in [6, 6.07) is 2.58. The van der Waals surface area contributed by atoms with Crippen molar-refractivity contribution in [3.63, 3.8) is 0 Å². The van der Waals surface area contributed by atoms with Crippen molar-refractivity contribution in [2.24, 2.45) is 0 Å². The number of thioether (sulfide) groups is 1. The molecule has 2 aliphatic carbocycles. The molecule has 3 aliphatic rings. The summed E-state index contributed by atoms with van der Waals surface area (Å²) in [6.45, 7) is 0. The summed E-state index contributed by atoms with van der Waals surface area (Å²) in [6.07, 6.45) is 9.23. The molecule has 0 aromatic carbocycles. The molecular formula is C16H22N2OS2. The smallest absolute Gasteiger partial charge is 0.244 e. The summed E-state index contributed by atoms with van der Waals surface area (Å²) in [5.41, 5.74) is 1.06. The van der Waals surface area contributed by atoms with E-state index < -0.39 is 0 Å². The van der Waals surface area contributed by atoms with Gasteiger partial charge >= 0.3 is 0 Å². The summed E-state index contributed by atoms with van der Waals surface area (Å²) in [5.74, 6) is 0.366. The highest BCUT2D eigenvalue weighted by Crippen LogP contribution is 2.48. The van der Waals surface area contributed by atoms with Gasteiger partial charge in [-0.05, 0) is 60.7 Å². The number of hydrogen-bond donors (Lipinski definition) is 1. The highest BCUT2D eigenvalue weighted by Gasteiger charge is 2.60. The van der Waals surface area contributed by atoms with Gasteiger partial charge in [-0.15, -0.1) is 0 Å². The van der Waals surface area contributed by atoms with Gasteiger partial charge in [0.2, 0.25) is 5.91 Å². The summed E-state index contributed by atoms with van der Waals surface area (Å²) < 4.78 is 0. The maximum absolute atomic E-state index is 12.9. The molecule has 1 aromatic rings. The lowest BCUT2D eigenvalue weighted by Gasteiger charge is -2.37. The van der Waals surface area contributed by atoms with E-state index in [4.69, 9.17) is 0 Å². The predicted octanol–water partition coefficient (Wildman–Crippen LogP) is 3.39. The number of carbonyl (C=O) groups excluding carboxylic acids is 1. The first-order chi connectivity index (χ1) is 10.2. The van der Waals surface area contributed by atoms with Crippen LogP contribution in [0.2, 0.25) is 0 Å². The number of nitrogens with zero attached hydrogens (tertiary/aromatic N) is 1. The van der Waals surface area contributed by atoms with Crippen LogP contribution in [0.25, 0.3) is 0 Å². The molecule has 3 unspecified atom stereocenters. The largest absolute Gasteiger partial charge is 0.318 e. The molecule has 5 heteroatoms. The Hall–Kier alpha value is -0.520. The van der Waals surface area contributed by atoms with E-state index in [-0.39, 0.29) is 11.7 Å². The summed E-state index contributed by atoms with van der Waals surface area (Å²) in [4.78, 5) is 15.2. The van der Waals surface area contributed by atoms with Crippen LogP contribution in [0, 0.1) is 0 Å². The predicted molar refractivity (Wildman–Crippen MR) is 88.6 cm³/mol. The molecule has 2 heterocycles. The Morgan fingerprint density at radius 3 is 2.95 bits per heavy atom. The Bertz CT molecular complexity index is 526. The molecule has 1 saturated heterocycles. The lowest BCUT2D eigenvalue weighted by Crippen LogP contribution is -2.43. The first-order valence-corrected chi connectivity index (χ1v) is 10.1. The molecule has 1 amide bonds. The first kappa shape index (κ1) is 14.1. The van der Waals surface area contributed by atoms with Crippen molar-refractivity contribution in [2.45, 2.75) is 61.5 Å². The van der Waals surface area contributed by atoms with E-state index in [0.717, 1.165) is 24.5 Å². The van der Waals surface area contributed by atoms with Gasteiger partial charge < -0.3 is 4.90 Å². The van der Waals surface area contributed by atoms with Crippen LogP contribution in [0.3, 0.4) is 0 Å². The third kappa shape index (κ3) is 2.34. The molecule has 1 aromatic heterocycles. The van der Waals surface area contributed by atoms with E-state index in [2.05, 4.69) is 33.3 Å². The molecule has 2 saturated carbocycles. The van der Waals surface area contributed by atoms with Crippen molar-refractivity contribution in [3.05, 3.63) is 22.4 Å². The van der Waals surface area contributed by atoms with E-state index in [1.54, 1.807) is 11.3 Å². The molecule has 3 fully saturated rings. The minimum Gasteiger partial charge on any atom is -0.318 e. The van der Waals surface area contributed by atoms with Crippen molar-refractivity contribution >= 4 is 29.0 Å². The molecule has 114 valence electrons. The monoisotopic (exact) mass is 322 g/mol. The Balaban J connectivity index is 1.62. The van der Waals surface area contributed by atoms with Crippen LogP contribution in [0.5, 0.6) is 0 Å². The van der Waals surface area contributed by atoms with E-state index in [0.29, 0.717) is 11.9 Å². The van der Waals surface area contributed by atoms with Crippen LogP contribution >= 0.6 is 23.1 Å². The van der Waals surface area contributed by atoms with Crippen LogP contribution in [-0.2, 0) is 4.79 Å². The highest BCUT2D eigenvalue weighted by molar-refractivity contribution is 7.99. The second-order valence-corrected chi connectivity index (χ2v) is 8.49. The van der Waals surface area contributed by atoms with Crippen LogP contribution in [0.1, 0.15) is 50.3 Å². The molecule has 3 nitrogen and oxygen atoms in total. The number of nitrogens with one attached hydrogen (secondary N) is 1. The Kier molecular flexibility index (Phi) is 3.55. The maximum Gasteiger partial charge on any atom is 0.244 e. The topological polar surface area (TPSA) is 32.3 Å². The van der Waals surface area contributed by atoms with Gasteiger partial charge in [-0.1, -0.05) is 6.42 Å². The fourth-order valence-electron chi connectivity index (χ4n) is 3.88. The van der Waals surface area contributed by atoms with Gasteiger partial charge in [0.05, 0.1) is 0 Å². The van der Waals surface area contributed by atoms with E-state index in [1.165, 1.54) is 24.8 Å². The third-order valence-electron chi connectivity index (χ3n) is 5.27. The van der Waals surface area contributed by atoms with Crippen molar-refractivity contribution in [2.75, 3.05) is 6.26 Å². The Morgan fingerprint density at radius 2 is 2.29 bits per heavy atom. The minimum absolute atomic E-state index is 0.108. The van der Waals surface area contributed by atoms with Crippen molar-refractivity contribution in [1.29, 1.82) is 0 Å². The van der Waals surface area contributed by atoms with E-state index >= 15 is 0 Å². The van der Waals surface area contributed by atoms with Crippen molar-refractivity contribution in [3.8, 4) is 0 Å². The van der Waals surface area contributed by atoms with Gasteiger partial charge in [0.1, 0.15) is 11.7 Å². The Morgan fingerprint density at radius 1 is 1.43 bits per heavy atom. The fourth-order valence-corrected chi connectivity index (χ4v) is 5.37. The minimum atomic E-state index is -0.209. The van der Waals surface area contributed by atoms with Gasteiger partial charge in [0, 0.05) is 11.3 Å². The average molecular weight is 322 g/mol. The summed E-state index contributed by atoms with van der Waals surface area (Å²) in [7, 11) is 0. The quantitative estimate of drug-likeness (QED) is 0.926. The average Bonchev–Trinajstić information content (AvgIpc) is 2.97. The van der Waals surface area contributed by atoms with Gasteiger partial charge in [0.25, 0.3) is 0 Å². The molecular weight excluding hydrogens is 300 g/mol. The number of thiophene rings is 1. The molecule has 1 spiro atoms. The zero-order chi connectivity index (χ0) is 14.4. The second-order valence-electron chi connectivity index (χ2n) is 6.58.